The van der Waals surface area contributed by atoms with Gasteiger partial charge in [0.2, 0.25) is 0 Å². The molecule has 254 valence electrons. The molecule has 0 aliphatic heterocycles. The lowest BCUT2D eigenvalue weighted by molar-refractivity contribution is -0.690. The largest absolute Gasteiger partial charge is 1.00 e. The van der Waals surface area contributed by atoms with Crippen molar-refractivity contribution in [1.29, 1.82) is 0 Å². The molecule has 2 heteroatoms. The predicted octanol–water partition coefficient (Wildman–Crippen LogP) is 9.91. The first kappa shape index (κ1) is 42.5. The molecule has 0 unspecified atom stereocenters. The number of hydrogen-bond donors (Lipinski definition) is 1. The van der Waals surface area contributed by atoms with Crippen LogP contribution in [0.25, 0.3) is 0 Å². The zero-order valence-electron chi connectivity index (χ0n) is 29.5. The van der Waals surface area contributed by atoms with Crippen LogP contribution in [0.15, 0.2) is 30.3 Å². The molecule has 0 bridgehead atoms. The van der Waals surface area contributed by atoms with Crippen LogP contribution in [0.3, 0.4) is 0 Å². The summed E-state index contributed by atoms with van der Waals surface area (Å²) in [5.41, 5.74) is 1.50. The molecule has 2 N–H and O–H groups in total. The van der Waals surface area contributed by atoms with Crippen molar-refractivity contribution in [1.82, 2.24) is 0 Å². The van der Waals surface area contributed by atoms with Crippen LogP contribution >= 0.6 is 0 Å². The van der Waals surface area contributed by atoms with Gasteiger partial charge in [-0.2, -0.15) is 0 Å². The summed E-state index contributed by atoms with van der Waals surface area (Å²) in [6.07, 6.45) is 45.0. The van der Waals surface area contributed by atoms with E-state index in [-0.39, 0.29) is 12.4 Å². The highest BCUT2D eigenvalue weighted by Gasteiger charge is 2.11. The van der Waals surface area contributed by atoms with Gasteiger partial charge < -0.3 is 17.7 Å². The SMILES string of the molecule is CCCCCCCCCCCCCCCCC(CCCCCCCCCCCCCCCC)[NH2+]CCc1ccccc1.[Cl-]. The van der Waals surface area contributed by atoms with E-state index in [9.17, 15) is 0 Å². The number of nitrogens with two attached hydrogens (primary N) is 1. The minimum atomic E-state index is 0. The summed E-state index contributed by atoms with van der Waals surface area (Å²) < 4.78 is 0. The van der Waals surface area contributed by atoms with Gasteiger partial charge in [-0.1, -0.05) is 211 Å². The van der Waals surface area contributed by atoms with Crippen LogP contribution in [0.2, 0.25) is 0 Å². The first-order chi connectivity index (χ1) is 20.9. The monoisotopic (exact) mass is 620 g/mol. The molecule has 1 nitrogen and oxygen atoms in total. The molecule has 0 aliphatic carbocycles. The molecule has 43 heavy (non-hydrogen) atoms. The maximum absolute atomic E-state index is 2.71. The van der Waals surface area contributed by atoms with Crippen molar-refractivity contribution in [3.63, 3.8) is 0 Å². The molecule has 0 fully saturated rings. The van der Waals surface area contributed by atoms with Crippen LogP contribution in [0.4, 0.5) is 0 Å². The minimum Gasteiger partial charge on any atom is -1.00 e. The first-order valence-corrected chi connectivity index (χ1v) is 19.7. The van der Waals surface area contributed by atoms with E-state index in [0.29, 0.717) is 0 Å². The van der Waals surface area contributed by atoms with Crippen LogP contribution in [0.1, 0.15) is 212 Å². The first-order valence-electron chi connectivity index (χ1n) is 19.7. The number of halogens is 1. The normalized spacial score (nSPS) is 11.3. The van der Waals surface area contributed by atoms with Gasteiger partial charge in [-0.25, -0.2) is 0 Å². The standard InChI is InChI=1S/C41H77N.ClH/c1-3-5-7-9-11-13-15-17-19-21-23-25-27-32-36-41(42-39-38-40-34-30-29-31-35-40)37-33-28-26-24-22-20-18-16-14-12-10-8-6-4-2;/h29-31,34-35,41-42H,3-28,32-33,36-39H2,1-2H3;1H. The average Bonchev–Trinajstić information content (AvgIpc) is 3.01. The Labute approximate surface area is 278 Å². The van der Waals surface area contributed by atoms with E-state index in [0.717, 1.165) is 6.04 Å². The third-order valence-corrected chi connectivity index (χ3v) is 9.63. The fraction of sp³-hybridized carbons (Fsp3) is 0.854. The van der Waals surface area contributed by atoms with E-state index in [1.54, 1.807) is 0 Å². The van der Waals surface area contributed by atoms with Gasteiger partial charge >= 0.3 is 0 Å². The number of rotatable bonds is 34. The lowest BCUT2D eigenvalue weighted by Gasteiger charge is -2.16. The van der Waals surface area contributed by atoms with Crippen LogP contribution in [0, 0.1) is 0 Å². The van der Waals surface area contributed by atoms with Crippen molar-refractivity contribution < 1.29 is 17.7 Å². The fourth-order valence-corrected chi connectivity index (χ4v) is 6.71. The molecule has 1 rings (SSSR count). The lowest BCUT2D eigenvalue weighted by Crippen LogP contribution is -3.00. The third kappa shape index (κ3) is 31.2. The molecule has 0 amide bonds. The van der Waals surface area contributed by atoms with Gasteiger partial charge in [0.15, 0.2) is 0 Å². The second-order valence-electron chi connectivity index (χ2n) is 13.8. The summed E-state index contributed by atoms with van der Waals surface area (Å²) in [7, 11) is 0. The molecule has 0 radical (unpaired) electrons. The Morgan fingerprint density at radius 2 is 0.721 bits per heavy atom. The van der Waals surface area contributed by atoms with Gasteiger partial charge in [0.05, 0.1) is 12.6 Å². The van der Waals surface area contributed by atoms with Gasteiger partial charge in [0.25, 0.3) is 0 Å². The molecule has 0 aliphatic rings. The summed E-state index contributed by atoms with van der Waals surface area (Å²) in [6.45, 7) is 5.88. The van der Waals surface area contributed by atoms with E-state index in [1.165, 1.54) is 211 Å². The van der Waals surface area contributed by atoms with Gasteiger partial charge in [-0.3, -0.25) is 0 Å². The van der Waals surface area contributed by atoms with E-state index in [1.807, 2.05) is 0 Å². The summed E-state index contributed by atoms with van der Waals surface area (Å²) >= 11 is 0. The van der Waals surface area contributed by atoms with Crippen molar-refractivity contribution in [2.45, 2.75) is 219 Å². The molecular weight excluding hydrogens is 542 g/mol. The summed E-state index contributed by atoms with van der Waals surface area (Å²) in [5, 5.41) is 2.71. The molecule has 0 atom stereocenters. The van der Waals surface area contributed by atoms with Crippen molar-refractivity contribution in [2.75, 3.05) is 6.54 Å². The van der Waals surface area contributed by atoms with Crippen molar-refractivity contribution in [2.24, 2.45) is 0 Å². The van der Waals surface area contributed by atoms with Crippen LogP contribution in [0.5, 0.6) is 0 Å². The molecule has 1 aromatic rings. The van der Waals surface area contributed by atoms with Gasteiger partial charge in [-0.05, 0) is 31.2 Å². The number of quaternary nitrogens is 1. The number of benzene rings is 1. The molecule has 0 saturated heterocycles. The highest BCUT2D eigenvalue weighted by molar-refractivity contribution is 5.14. The molecule has 0 spiro atoms. The summed E-state index contributed by atoms with van der Waals surface area (Å²) in [6, 6.07) is 12.0. The van der Waals surface area contributed by atoms with E-state index >= 15 is 0 Å². The molecular formula is C41H78ClN. The Bertz CT molecular complexity index is 585. The Kier molecular flexibility index (Phi) is 35.5. The minimum absolute atomic E-state index is 0. The zero-order valence-corrected chi connectivity index (χ0v) is 30.3. The topological polar surface area (TPSA) is 16.6 Å². The van der Waals surface area contributed by atoms with Gasteiger partial charge in [0.1, 0.15) is 0 Å². The molecule has 1 aromatic carbocycles. The maximum Gasteiger partial charge on any atom is 0.0859 e. The smallest absolute Gasteiger partial charge is 0.0859 e. The zero-order chi connectivity index (χ0) is 30.0. The quantitative estimate of drug-likeness (QED) is 0.0739. The lowest BCUT2D eigenvalue weighted by atomic mass is 9.99. The van der Waals surface area contributed by atoms with Crippen LogP contribution < -0.4 is 17.7 Å². The molecule has 0 saturated carbocycles. The second kappa shape index (κ2) is 35.9. The Morgan fingerprint density at radius 3 is 1.05 bits per heavy atom. The van der Waals surface area contributed by atoms with Crippen molar-refractivity contribution >= 4 is 0 Å². The van der Waals surface area contributed by atoms with Crippen molar-refractivity contribution in [3.05, 3.63) is 35.9 Å². The van der Waals surface area contributed by atoms with E-state index < -0.39 is 0 Å². The highest BCUT2D eigenvalue weighted by Crippen LogP contribution is 2.16. The third-order valence-electron chi connectivity index (χ3n) is 9.63. The van der Waals surface area contributed by atoms with Crippen molar-refractivity contribution in [3.8, 4) is 0 Å². The van der Waals surface area contributed by atoms with Gasteiger partial charge in [-0.15, -0.1) is 0 Å². The van der Waals surface area contributed by atoms with E-state index in [4.69, 9.17) is 0 Å². The summed E-state index contributed by atoms with van der Waals surface area (Å²) in [4.78, 5) is 0. The Hall–Kier alpha value is -0.530. The number of unbranched alkanes of at least 4 members (excludes halogenated alkanes) is 26. The molecule has 0 aromatic heterocycles. The fourth-order valence-electron chi connectivity index (χ4n) is 6.71. The summed E-state index contributed by atoms with van der Waals surface area (Å²) in [5.74, 6) is 0. The van der Waals surface area contributed by atoms with Crippen LogP contribution in [-0.4, -0.2) is 12.6 Å². The predicted molar refractivity (Wildman–Crippen MR) is 191 cm³/mol. The Balaban J connectivity index is 0.0000176. The maximum atomic E-state index is 2.71. The average molecular weight is 621 g/mol. The van der Waals surface area contributed by atoms with Gasteiger partial charge in [0, 0.05) is 6.42 Å². The number of hydrogen-bond acceptors (Lipinski definition) is 0. The molecule has 0 heterocycles. The van der Waals surface area contributed by atoms with Crippen LogP contribution in [-0.2, 0) is 6.42 Å². The Morgan fingerprint density at radius 1 is 0.419 bits per heavy atom. The second-order valence-corrected chi connectivity index (χ2v) is 13.8. The van der Waals surface area contributed by atoms with E-state index in [2.05, 4.69) is 49.5 Å². The highest BCUT2D eigenvalue weighted by atomic mass is 35.5.